The Labute approximate surface area is 134 Å². The van der Waals surface area contributed by atoms with Gasteiger partial charge in [0.05, 0.1) is 18.3 Å². The van der Waals surface area contributed by atoms with Crippen LogP contribution >= 0.6 is 0 Å². The second-order valence-corrected chi connectivity index (χ2v) is 5.35. The zero-order valence-corrected chi connectivity index (χ0v) is 13.1. The lowest BCUT2D eigenvalue weighted by Crippen LogP contribution is -2.61. The van der Waals surface area contributed by atoms with Crippen molar-refractivity contribution in [3.63, 3.8) is 0 Å². The summed E-state index contributed by atoms with van der Waals surface area (Å²) in [5.41, 5.74) is 3.14. The predicted molar refractivity (Wildman–Crippen MR) is 88.7 cm³/mol. The summed E-state index contributed by atoms with van der Waals surface area (Å²) in [5, 5.41) is 0. The zero-order valence-electron chi connectivity index (χ0n) is 13.1. The fraction of sp³-hybridized carbons (Fsp3) is 0.400. The predicted octanol–water partition coefficient (Wildman–Crippen LogP) is 1.17. The van der Waals surface area contributed by atoms with Crippen LogP contribution in [0.25, 0.3) is 11.0 Å². The van der Waals surface area contributed by atoms with Crippen molar-refractivity contribution in [2.24, 2.45) is 16.7 Å². The number of rotatable bonds is 7. The van der Waals surface area contributed by atoms with E-state index in [0.717, 1.165) is 28.2 Å². The van der Waals surface area contributed by atoms with Gasteiger partial charge in [-0.3, -0.25) is 4.98 Å². The Balaban J connectivity index is 2.06. The first-order valence-corrected chi connectivity index (χ1v) is 7.59. The number of hydrogen-bond acceptors (Lipinski definition) is 7. The molecule has 0 saturated heterocycles. The van der Waals surface area contributed by atoms with Crippen molar-refractivity contribution in [3.8, 4) is 0 Å². The molecule has 0 aromatic carbocycles. The summed E-state index contributed by atoms with van der Waals surface area (Å²) in [6.07, 6.45) is 4.16. The molecule has 23 heavy (non-hydrogen) atoms. The Morgan fingerprint density at radius 2 is 2.17 bits per heavy atom. The molecule has 0 radical (unpaired) electrons. The highest BCUT2D eigenvalue weighted by atomic mass is 16.6. The van der Waals surface area contributed by atoms with Gasteiger partial charge in [0.2, 0.25) is 5.69 Å². The maximum atomic E-state index is 6.73. The highest BCUT2D eigenvalue weighted by molar-refractivity contribution is 6.09. The van der Waals surface area contributed by atoms with E-state index in [-0.39, 0.29) is 4.59 Å². The summed E-state index contributed by atoms with van der Waals surface area (Å²) in [4.78, 5) is 18.2. The molecule has 2 aromatic heterocycles. The van der Waals surface area contributed by atoms with Crippen LogP contribution < -0.4 is 16.3 Å². The monoisotopic (exact) mass is 317 g/mol. The van der Waals surface area contributed by atoms with E-state index in [1.165, 1.54) is 0 Å². The van der Waals surface area contributed by atoms with Gasteiger partial charge in [0.1, 0.15) is 13.2 Å². The van der Waals surface area contributed by atoms with Crippen molar-refractivity contribution in [3.05, 3.63) is 24.5 Å². The van der Waals surface area contributed by atoms with E-state index in [2.05, 4.69) is 19.8 Å². The van der Waals surface area contributed by atoms with Gasteiger partial charge in [-0.15, -0.1) is 0 Å². The Morgan fingerprint density at radius 3 is 2.96 bits per heavy atom. The van der Waals surface area contributed by atoms with Crippen LogP contribution in [0, 0.1) is 0 Å². The summed E-state index contributed by atoms with van der Waals surface area (Å²) in [6, 6.07) is 3.77. The SMILES string of the molecule is CCOCC1=Nc2cnc3cccnc3c2[N+]1(N)CCCON. The Bertz CT molecular complexity index is 735. The standard InChI is InChI=1S/C15H21N6O2/c1-2-22-10-13-20-12-9-19-11-5-3-6-18-14(11)15(12)21(13,16)7-4-8-23-17/h3,5-6,9H,2,4,7-8,10,16-17H2,1H3/q+1. The van der Waals surface area contributed by atoms with E-state index in [4.69, 9.17) is 16.5 Å². The summed E-state index contributed by atoms with van der Waals surface area (Å²) in [5.74, 6) is 12.6. The third kappa shape index (κ3) is 2.82. The smallest absolute Gasteiger partial charge is 0.254 e. The normalized spacial score (nSPS) is 19.9. The molecule has 3 rings (SSSR count). The van der Waals surface area contributed by atoms with E-state index >= 15 is 0 Å². The van der Waals surface area contributed by atoms with Crippen LogP contribution in [0.4, 0.5) is 11.4 Å². The number of nitrogens with two attached hydrogens (primary N) is 2. The van der Waals surface area contributed by atoms with Crippen LogP contribution in [0.15, 0.2) is 29.5 Å². The molecule has 3 heterocycles. The number of aliphatic imine (C=N–C) groups is 1. The average Bonchev–Trinajstić information content (AvgIpc) is 2.86. The lowest BCUT2D eigenvalue weighted by atomic mass is 10.2. The molecule has 1 atom stereocenters. The van der Waals surface area contributed by atoms with Crippen LogP contribution in [0.5, 0.6) is 0 Å². The van der Waals surface area contributed by atoms with Crippen LogP contribution in [-0.4, -0.2) is 42.2 Å². The van der Waals surface area contributed by atoms with Gasteiger partial charge in [-0.2, -0.15) is 15.4 Å². The molecule has 1 unspecified atom stereocenters. The largest absolute Gasteiger partial charge is 0.369 e. The molecular formula is C15H21N6O2+. The van der Waals surface area contributed by atoms with Gasteiger partial charge in [-0.1, -0.05) is 0 Å². The van der Waals surface area contributed by atoms with Crippen LogP contribution in [0.1, 0.15) is 13.3 Å². The number of aromatic nitrogens is 2. The highest BCUT2D eigenvalue weighted by Crippen LogP contribution is 2.42. The molecule has 0 fully saturated rings. The van der Waals surface area contributed by atoms with Crippen LogP contribution in [0.3, 0.4) is 0 Å². The van der Waals surface area contributed by atoms with Gasteiger partial charge in [0.15, 0.2) is 11.2 Å². The lowest BCUT2D eigenvalue weighted by molar-refractivity contribution is 0.129. The second-order valence-electron chi connectivity index (χ2n) is 5.35. The van der Waals surface area contributed by atoms with Crippen molar-refractivity contribution in [2.75, 3.05) is 26.4 Å². The van der Waals surface area contributed by atoms with Gasteiger partial charge < -0.3 is 9.57 Å². The van der Waals surface area contributed by atoms with Gasteiger partial charge in [-0.05, 0) is 19.1 Å². The molecule has 0 aliphatic carbocycles. The maximum absolute atomic E-state index is 6.73. The summed E-state index contributed by atoms with van der Waals surface area (Å²) in [6.45, 7) is 3.91. The summed E-state index contributed by atoms with van der Waals surface area (Å²) >= 11 is 0. The third-order valence-corrected chi connectivity index (χ3v) is 3.90. The number of fused-ring (bicyclic) bond motifs is 3. The molecule has 8 nitrogen and oxygen atoms in total. The molecule has 2 aromatic rings. The van der Waals surface area contributed by atoms with Gasteiger partial charge in [0.25, 0.3) is 5.84 Å². The number of pyridine rings is 2. The number of hydrogen-bond donors (Lipinski definition) is 2. The minimum atomic E-state index is 0.0503. The molecule has 122 valence electrons. The van der Waals surface area contributed by atoms with Crippen molar-refractivity contribution >= 4 is 28.2 Å². The fourth-order valence-corrected chi connectivity index (χ4v) is 2.81. The third-order valence-electron chi connectivity index (χ3n) is 3.90. The summed E-state index contributed by atoms with van der Waals surface area (Å²) < 4.78 is 5.59. The maximum Gasteiger partial charge on any atom is 0.254 e. The number of ether oxygens (including phenoxy) is 1. The van der Waals surface area contributed by atoms with Crippen molar-refractivity contribution in [1.82, 2.24) is 14.6 Å². The molecule has 4 N–H and O–H groups in total. The molecule has 0 saturated carbocycles. The average molecular weight is 317 g/mol. The van der Waals surface area contributed by atoms with Gasteiger partial charge in [-0.25, -0.2) is 10.9 Å². The quantitative estimate of drug-likeness (QED) is 0.343. The lowest BCUT2D eigenvalue weighted by Gasteiger charge is -2.29. The van der Waals surface area contributed by atoms with Gasteiger partial charge in [0, 0.05) is 19.2 Å². The first-order chi connectivity index (χ1) is 11.2. The van der Waals surface area contributed by atoms with E-state index in [1.54, 1.807) is 12.4 Å². The minimum absolute atomic E-state index is 0.0503. The highest BCUT2D eigenvalue weighted by Gasteiger charge is 2.43. The molecule has 0 bridgehead atoms. The van der Waals surface area contributed by atoms with Crippen molar-refractivity contribution in [2.45, 2.75) is 13.3 Å². The topological polar surface area (TPSA) is 109 Å². The van der Waals surface area contributed by atoms with E-state index < -0.39 is 0 Å². The molecule has 1 aliphatic rings. The van der Waals surface area contributed by atoms with Crippen molar-refractivity contribution in [1.29, 1.82) is 0 Å². The number of amidine groups is 1. The van der Waals surface area contributed by atoms with E-state index in [0.29, 0.717) is 32.8 Å². The Morgan fingerprint density at radius 1 is 1.30 bits per heavy atom. The molecule has 0 spiro atoms. The molecule has 8 heteroatoms. The van der Waals surface area contributed by atoms with Crippen LogP contribution in [-0.2, 0) is 9.57 Å². The molecule has 1 aliphatic heterocycles. The molecule has 0 amide bonds. The Kier molecular flexibility index (Phi) is 4.60. The zero-order chi connectivity index (χ0) is 16.3. The molecular weight excluding hydrogens is 296 g/mol. The van der Waals surface area contributed by atoms with E-state index in [9.17, 15) is 0 Å². The van der Waals surface area contributed by atoms with E-state index in [1.807, 2.05) is 19.1 Å². The van der Waals surface area contributed by atoms with Crippen molar-refractivity contribution < 1.29 is 9.57 Å². The summed E-state index contributed by atoms with van der Waals surface area (Å²) in [7, 11) is 0. The second kappa shape index (κ2) is 6.65. The minimum Gasteiger partial charge on any atom is -0.369 e. The first-order valence-electron chi connectivity index (χ1n) is 7.59. The first kappa shape index (κ1) is 15.9. The fourth-order valence-electron chi connectivity index (χ4n) is 2.81. The van der Waals surface area contributed by atoms with Gasteiger partial charge >= 0.3 is 0 Å². The van der Waals surface area contributed by atoms with Crippen LogP contribution in [0.2, 0.25) is 0 Å². The number of nitrogens with zero attached hydrogens (tertiary/aromatic N) is 4. The Hall–Kier alpha value is -1.97. The number of quaternary nitrogens is 1.